The Labute approximate surface area is 132 Å². The van der Waals surface area contributed by atoms with Gasteiger partial charge in [0.2, 0.25) is 0 Å². The first-order chi connectivity index (χ1) is 10.7. The Bertz CT molecular complexity index is 661. The van der Waals surface area contributed by atoms with Crippen LogP contribution in [0, 0.1) is 5.41 Å². The summed E-state index contributed by atoms with van der Waals surface area (Å²) in [6.45, 7) is 2.03. The molecule has 0 saturated carbocycles. The number of allylic oxidation sites excluding steroid dienone is 1. The van der Waals surface area contributed by atoms with E-state index in [4.69, 9.17) is 15.9 Å². The third kappa shape index (κ3) is 5.27. The Morgan fingerprint density at radius 1 is 1.22 bits per heavy atom. The van der Waals surface area contributed by atoms with Crippen molar-refractivity contribution in [1.82, 2.24) is 0 Å². The molecular weight excluding hydrogens is 302 g/mol. The first-order valence-electron chi connectivity index (χ1n) is 6.54. The fourth-order valence-electron chi connectivity index (χ4n) is 1.80. The second-order valence-electron chi connectivity index (χ2n) is 4.65. The van der Waals surface area contributed by atoms with E-state index < -0.39 is 30.1 Å². The highest BCUT2D eigenvalue weighted by Gasteiger charge is 2.15. The van der Waals surface area contributed by atoms with E-state index in [2.05, 4.69) is 5.32 Å². The van der Waals surface area contributed by atoms with Crippen molar-refractivity contribution in [2.75, 3.05) is 11.9 Å². The number of aliphatic hydroxyl groups excluding tert-OH is 1. The van der Waals surface area contributed by atoms with Gasteiger partial charge in [-0.2, -0.15) is 0 Å². The van der Waals surface area contributed by atoms with Crippen molar-refractivity contribution >= 4 is 29.2 Å². The zero-order chi connectivity index (χ0) is 17.6. The van der Waals surface area contributed by atoms with Crippen LogP contribution in [0.4, 0.5) is 10.5 Å². The number of nitrogens with one attached hydrogen (secondary N) is 2. The molecule has 8 heteroatoms. The highest BCUT2D eigenvalue weighted by molar-refractivity contribution is 6.19. The second-order valence-corrected chi connectivity index (χ2v) is 4.65. The van der Waals surface area contributed by atoms with Crippen LogP contribution >= 0.6 is 0 Å². The van der Waals surface area contributed by atoms with Gasteiger partial charge in [-0.3, -0.25) is 4.79 Å². The lowest BCUT2D eigenvalue weighted by Gasteiger charge is -2.08. The molecule has 1 aromatic carbocycles. The van der Waals surface area contributed by atoms with E-state index in [1.165, 1.54) is 38.1 Å². The van der Waals surface area contributed by atoms with Crippen molar-refractivity contribution in [3.63, 3.8) is 0 Å². The molecule has 0 unspecified atom stereocenters. The van der Waals surface area contributed by atoms with Crippen LogP contribution in [-0.2, 0) is 9.53 Å². The molecule has 23 heavy (non-hydrogen) atoms. The molecule has 1 aromatic rings. The number of nitrogens with two attached hydrogens (primary N) is 1. The number of benzene rings is 1. The topological polar surface area (TPSA) is 143 Å². The monoisotopic (exact) mass is 319 g/mol. The van der Waals surface area contributed by atoms with E-state index in [0.29, 0.717) is 5.69 Å². The van der Waals surface area contributed by atoms with Crippen LogP contribution in [0.3, 0.4) is 0 Å². The predicted molar refractivity (Wildman–Crippen MR) is 83.7 cm³/mol. The van der Waals surface area contributed by atoms with Crippen LogP contribution in [0.5, 0.6) is 0 Å². The number of primary amides is 1. The third-order valence-electron chi connectivity index (χ3n) is 2.74. The number of hydrogen-bond donors (Lipinski definition) is 4. The number of esters is 1. The summed E-state index contributed by atoms with van der Waals surface area (Å²) in [4.78, 5) is 33.8. The molecule has 122 valence electrons. The van der Waals surface area contributed by atoms with Crippen molar-refractivity contribution in [2.24, 2.45) is 5.73 Å². The lowest BCUT2D eigenvalue weighted by Crippen LogP contribution is -2.19. The summed E-state index contributed by atoms with van der Waals surface area (Å²) >= 11 is 0. The van der Waals surface area contributed by atoms with Gasteiger partial charge in [-0.1, -0.05) is 0 Å². The Morgan fingerprint density at radius 2 is 1.78 bits per heavy atom. The van der Waals surface area contributed by atoms with E-state index in [1.54, 1.807) is 0 Å². The number of aliphatic hydroxyl groups is 1. The summed E-state index contributed by atoms with van der Waals surface area (Å²) in [5, 5.41) is 19.5. The molecule has 2 amide bonds. The first-order valence-corrected chi connectivity index (χ1v) is 6.54. The molecule has 0 fully saturated rings. The maximum atomic E-state index is 11.8. The Kier molecular flexibility index (Phi) is 6.02. The van der Waals surface area contributed by atoms with Gasteiger partial charge in [-0.25, -0.2) is 9.59 Å². The van der Waals surface area contributed by atoms with Crippen LogP contribution in [0.2, 0.25) is 0 Å². The van der Waals surface area contributed by atoms with E-state index in [-0.39, 0.29) is 16.8 Å². The standard InChI is InChI=1S/C15H17N3O5/c1-8(16)13(9(2)19)12(20)7-23-14(21)10-3-5-11(6-4-10)18-15(17)22/h3-6,16,20H,7H2,1-2H3,(H3,17,18,22)/b13-12-,16-8?. The molecule has 0 atom stereocenters. The van der Waals surface area contributed by atoms with Gasteiger partial charge in [-0.15, -0.1) is 0 Å². The molecule has 0 saturated heterocycles. The number of amides is 2. The molecule has 0 spiro atoms. The Morgan fingerprint density at radius 3 is 2.22 bits per heavy atom. The normalized spacial score (nSPS) is 11.2. The molecule has 0 radical (unpaired) electrons. The number of carbonyl (C=O) groups excluding carboxylic acids is 3. The Hall–Kier alpha value is -3.16. The van der Waals surface area contributed by atoms with Gasteiger partial charge in [0.25, 0.3) is 0 Å². The summed E-state index contributed by atoms with van der Waals surface area (Å²) in [6, 6.07) is 5.00. The molecule has 0 bridgehead atoms. The summed E-state index contributed by atoms with van der Waals surface area (Å²) in [5.74, 6) is -1.70. The lowest BCUT2D eigenvalue weighted by molar-refractivity contribution is -0.113. The fourth-order valence-corrected chi connectivity index (χ4v) is 1.80. The van der Waals surface area contributed by atoms with Crippen LogP contribution in [0.1, 0.15) is 24.2 Å². The van der Waals surface area contributed by atoms with Gasteiger partial charge in [0.15, 0.2) is 5.78 Å². The van der Waals surface area contributed by atoms with Crippen molar-refractivity contribution in [3.8, 4) is 0 Å². The summed E-state index contributed by atoms with van der Waals surface area (Å²) in [5.41, 5.74) is 5.26. The minimum atomic E-state index is -0.729. The van der Waals surface area contributed by atoms with Crippen molar-refractivity contribution in [2.45, 2.75) is 13.8 Å². The molecule has 1 rings (SSSR count). The third-order valence-corrected chi connectivity index (χ3v) is 2.74. The molecule has 0 aliphatic heterocycles. The van der Waals surface area contributed by atoms with E-state index in [1.807, 2.05) is 0 Å². The maximum absolute atomic E-state index is 11.8. The van der Waals surface area contributed by atoms with Gasteiger partial charge in [0, 0.05) is 11.4 Å². The fraction of sp³-hybridized carbons (Fsp3) is 0.200. The summed E-state index contributed by atoms with van der Waals surface area (Å²) in [7, 11) is 0. The van der Waals surface area contributed by atoms with Crippen molar-refractivity contribution < 1.29 is 24.2 Å². The average Bonchev–Trinajstić information content (AvgIpc) is 2.44. The number of carbonyl (C=O) groups is 3. The quantitative estimate of drug-likeness (QED) is 0.273. The van der Waals surface area contributed by atoms with Crippen LogP contribution in [0.25, 0.3) is 0 Å². The van der Waals surface area contributed by atoms with Gasteiger partial charge in [0.1, 0.15) is 12.4 Å². The van der Waals surface area contributed by atoms with Gasteiger partial charge in [-0.05, 0) is 38.1 Å². The number of hydrogen-bond acceptors (Lipinski definition) is 6. The summed E-state index contributed by atoms with van der Waals surface area (Å²) < 4.78 is 4.88. The van der Waals surface area contributed by atoms with Crippen LogP contribution < -0.4 is 11.1 Å². The molecule has 0 aliphatic rings. The number of rotatable bonds is 6. The number of Topliss-reactive ketones (excluding diaryl/α,β-unsaturated/α-hetero) is 1. The molecular formula is C15H17N3O5. The van der Waals surface area contributed by atoms with Crippen LogP contribution in [-0.4, -0.2) is 35.2 Å². The van der Waals surface area contributed by atoms with Crippen molar-refractivity contribution in [1.29, 1.82) is 5.41 Å². The molecule has 0 aromatic heterocycles. The lowest BCUT2D eigenvalue weighted by atomic mass is 10.1. The first kappa shape index (κ1) is 17.9. The van der Waals surface area contributed by atoms with Gasteiger partial charge < -0.3 is 26.3 Å². The van der Waals surface area contributed by atoms with E-state index >= 15 is 0 Å². The minimum absolute atomic E-state index is 0.118. The molecule has 8 nitrogen and oxygen atoms in total. The maximum Gasteiger partial charge on any atom is 0.338 e. The zero-order valence-corrected chi connectivity index (χ0v) is 12.7. The SMILES string of the molecule is CC(=N)/C(C(C)=O)=C(/O)COC(=O)c1ccc(NC(N)=O)cc1. The van der Waals surface area contributed by atoms with E-state index in [0.717, 1.165) is 0 Å². The largest absolute Gasteiger partial charge is 0.508 e. The molecule has 0 aliphatic carbocycles. The number of ether oxygens (including phenoxy) is 1. The second kappa shape index (κ2) is 7.74. The number of ketones is 1. The van der Waals surface area contributed by atoms with E-state index in [9.17, 15) is 19.5 Å². The minimum Gasteiger partial charge on any atom is -0.508 e. The molecule has 5 N–H and O–H groups in total. The predicted octanol–water partition coefficient (Wildman–Crippen LogP) is 1.77. The van der Waals surface area contributed by atoms with Crippen LogP contribution in [0.15, 0.2) is 35.6 Å². The zero-order valence-electron chi connectivity index (χ0n) is 12.7. The number of urea groups is 1. The molecule has 0 heterocycles. The number of anilines is 1. The highest BCUT2D eigenvalue weighted by Crippen LogP contribution is 2.12. The average molecular weight is 319 g/mol. The Balaban J connectivity index is 2.77. The highest BCUT2D eigenvalue weighted by atomic mass is 16.5. The van der Waals surface area contributed by atoms with Crippen molar-refractivity contribution in [3.05, 3.63) is 41.2 Å². The van der Waals surface area contributed by atoms with Gasteiger partial charge >= 0.3 is 12.0 Å². The summed E-state index contributed by atoms with van der Waals surface area (Å²) in [6.07, 6.45) is 0. The smallest absolute Gasteiger partial charge is 0.338 e. The van der Waals surface area contributed by atoms with Gasteiger partial charge in [0.05, 0.1) is 11.1 Å².